The van der Waals surface area contributed by atoms with Crippen LogP contribution < -0.4 is 4.74 Å². The predicted molar refractivity (Wildman–Crippen MR) is 75.3 cm³/mol. The maximum atomic E-state index is 12.7. The number of pyridine rings is 1. The fraction of sp³-hybridized carbons (Fsp3) is 0.500. The summed E-state index contributed by atoms with van der Waals surface area (Å²) in [6, 6.07) is 3.13. The van der Waals surface area contributed by atoms with Crippen LogP contribution in [-0.2, 0) is 0 Å². The lowest BCUT2D eigenvalue weighted by Crippen LogP contribution is -2.18. The van der Waals surface area contributed by atoms with E-state index in [-0.39, 0.29) is 0 Å². The Morgan fingerprint density at radius 3 is 2.35 bits per heavy atom. The molecule has 0 aliphatic carbocycles. The van der Waals surface area contributed by atoms with Gasteiger partial charge < -0.3 is 4.74 Å². The Balaban J connectivity index is 3.05. The van der Waals surface area contributed by atoms with Gasteiger partial charge in [0.1, 0.15) is 8.07 Å². The maximum Gasteiger partial charge on any atom is 0.390 e. The summed E-state index contributed by atoms with van der Waals surface area (Å²) in [5.74, 6) is 2.28. The van der Waals surface area contributed by atoms with Crippen molar-refractivity contribution in [3.8, 4) is 17.3 Å². The van der Waals surface area contributed by atoms with Gasteiger partial charge in [0.05, 0.1) is 19.4 Å². The Morgan fingerprint density at radius 1 is 1.30 bits per heavy atom. The molecular formula is C14H18F3NOSi. The normalized spacial score (nSPS) is 13.3. The zero-order valence-electron chi connectivity index (χ0n) is 12.0. The first-order valence-corrected chi connectivity index (χ1v) is 9.70. The second-order valence-electron chi connectivity index (χ2n) is 5.53. The number of halogens is 3. The summed E-state index contributed by atoms with van der Waals surface area (Å²) in [6.07, 6.45) is -3.81. The van der Waals surface area contributed by atoms with Crippen molar-refractivity contribution in [3.63, 3.8) is 0 Å². The quantitative estimate of drug-likeness (QED) is 0.622. The van der Waals surface area contributed by atoms with Gasteiger partial charge in [0, 0.05) is 12.3 Å². The topological polar surface area (TPSA) is 22.1 Å². The van der Waals surface area contributed by atoms with Crippen molar-refractivity contribution < 1.29 is 17.9 Å². The van der Waals surface area contributed by atoms with Crippen LogP contribution in [0.3, 0.4) is 0 Å². The summed E-state index contributed by atoms with van der Waals surface area (Å²) in [5.41, 5.74) is 3.47. The molecule has 0 aromatic carbocycles. The molecule has 1 atom stereocenters. The molecule has 1 aromatic heterocycles. The molecule has 20 heavy (non-hydrogen) atoms. The van der Waals surface area contributed by atoms with Crippen molar-refractivity contribution in [1.29, 1.82) is 0 Å². The van der Waals surface area contributed by atoms with E-state index in [0.29, 0.717) is 11.4 Å². The average Bonchev–Trinajstić information content (AvgIpc) is 2.32. The lowest BCUT2D eigenvalue weighted by molar-refractivity contribution is -0.136. The van der Waals surface area contributed by atoms with Crippen LogP contribution in [0.2, 0.25) is 19.6 Å². The van der Waals surface area contributed by atoms with Crippen LogP contribution in [0.5, 0.6) is 5.88 Å². The van der Waals surface area contributed by atoms with Gasteiger partial charge in [-0.2, -0.15) is 13.2 Å². The SMILES string of the molecule is COc1ccc([C@H](C#C[Si](C)(C)C)CC(F)(F)F)cn1. The summed E-state index contributed by atoms with van der Waals surface area (Å²) in [6.45, 7) is 5.99. The van der Waals surface area contributed by atoms with Crippen LogP contribution in [-0.4, -0.2) is 26.3 Å². The lowest BCUT2D eigenvalue weighted by atomic mass is 9.98. The van der Waals surface area contributed by atoms with Crippen LogP contribution in [0.4, 0.5) is 13.2 Å². The number of aromatic nitrogens is 1. The van der Waals surface area contributed by atoms with Crippen molar-refractivity contribution in [1.82, 2.24) is 4.98 Å². The van der Waals surface area contributed by atoms with Gasteiger partial charge in [0.2, 0.25) is 5.88 Å². The van der Waals surface area contributed by atoms with Crippen molar-refractivity contribution >= 4 is 8.07 Å². The highest BCUT2D eigenvalue weighted by atomic mass is 28.3. The number of ether oxygens (including phenoxy) is 1. The first-order valence-electron chi connectivity index (χ1n) is 6.20. The Morgan fingerprint density at radius 2 is 1.95 bits per heavy atom. The molecule has 0 saturated carbocycles. The number of hydrogen-bond acceptors (Lipinski definition) is 2. The number of rotatable bonds is 3. The van der Waals surface area contributed by atoms with Crippen LogP contribution in [0.1, 0.15) is 17.9 Å². The van der Waals surface area contributed by atoms with Crippen molar-refractivity contribution in [2.45, 2.75) is 38.2 Å². The predicted octanol–water partition coefficient (Wildman–Crippen LogP) is 4.01. The summed E-state index contributed by atoms with van der Waals surface area (Å²) in [4.78, 5) is 3.95. The third-order valence-corrected chi connectivity index (χ3v) is 3.32. The van der Waals surface area contributed by atoms with Crippen LogP contribution in [0, 0.1) is 11.5 Å². The van der Waals surface area contributed by atoms with Crippen molar-refractivity contribution in [2.24, 2.45) is 0 Å². The maximum absolute atomic E-state index is 12.7. The van der Waals surface area contributed by atoms with E-state index in [1.807, 2.05) is 19.6 Å². The molecule has 110 valence electrons. The Bertz CT molecular complexity index is 494. The summed E-state index contributed by atoms with van der Waals surface area (Å²) < 4.78 is 42.9. The Kier molecular flexibility index (Phi) is 5.23. The first-order chi connectivity index (χ1) is 9.11. The zero-order chi connectivity index (χ0) is 15.4. The zero-order valence-corrected chi connectivity index (χ0v) is 13.0. The van der Waals surface area contributed by atoms with E-state index < -0.39 is 26.6 Å². The minimum absolute atomic E-state index is 0.373. The number of hydrogen-bond donors (Lipinski definition) is 0. The lowest BCUT2D eigenvalue weighted by Gasteiger charge is -2.15. The summed E-state index contributed by atoms with van der Waals surface area (Å²) in [7, 11) is -0.261. The molecule has 0 aliphatic heterocycles. The van der Waals surface area contributed by atoms with E-state index in [1.165, 1.54) is 13.3 Å². The van der Waals surface area contributed by atoms with Gasteiger partial charge >= 0.3 is 6.18 Å². The molecule has 2 nitrogen and oxygen atoms in total. The van der Waals surface area contributed by atoms with E-state index in [2.05, 4.69) is 16.4 Å². The molecule has 0 saturated heterocycles. The van der Waals surface area contributed by atoms with Crippen molar-refractivity contribution in [2.75, 3.05) is 7.11 Å². The molecule has 1 heterocycles. The number of nitrogens with zero attached hydrogens (tertiary/aromatic N) is 1. The monoisotopic (exact) mass is 301 g/mol. The second kappa shape index (κ2) is 6.31. The summed E-state index contributed by atoms with van der Waals surface area (Å²) >= 11 is 0. The van der Waals surface area contributed by atoms with E-state index in [0.717, 1.165) is 0 Å². The highest BCUT2D eigenvalue weighted by Crippen LogP contribution is 2.31. The fourth-order valence-corrected chi connectivity index (χ4v) is 2.11. The van der Waals surface area contributed by atoms with Crippen LogP contribution in [0.25, 0.3) is 0 Å². The molecule has 0 spiro atoms. The van der Waals surface area contributed by atoms with Crippen LogP contribution >= 0.6 is 0 Å². The molecular weight excluding hydrogens is 283 g/mol. The van der Waals surface area contributed by atoms with Gasteiger partial charge in [-0.05, 0) is 5.56 Å². The third-order valence-electron chi connectivity index (χ3n) is 2.43. The standard InChI is InChI=1S/C14H18F3NOSi/c1-19-13-6-5-12(10-18-13)11(9-14(15,16)17)7-8-20(2,3)4/h5-6,10-11H,9H2,1-4H3/t11-/m1/s1. The number of alkyl halides is 3. The molecule has 1 rings (SSSR count). The van der Waals surface area contributed by atoms with Gasteiger partial charge in [0.25, 0.3) is 0 Å². The highest BCUT2D eigenvalue weighted by molar-refractivity contribution is 6.83. The molecule has 0 amide bonds. The van der Waals surface area contributed by atoms with Gasteiger partial charge in [-0.3, -0.25) is 0 Å². The molecule has 0 fully saturated rings. The van der Waals surface area contributed by atoms with Gasteiger partial charge in [-0.15, -0.1) is 11.5 Å². The Labute approximate surface area is 118 Å². The molecule has 0 unspecified atom stereocenters. The Hall–Kier alpha value is -1.48. The minimum atomic E-state index is -4.25. The fourth-order valence-electron chi connectivity index (χ4n) is 1.51. The molecule has 0 N–H and O–H groups in total. The van der Waals surface area contributed by atoms with Gasteiger partial charge in [0.15, 0.2) is 0 Å². The first kappa shape index (κ1) is 16.6. The molecule has 0 radical (unpaired) electrons. The second-order valence-corrected chi connectivity index (χ2v) is 10.3. The molecule has 6 heteroatoms. The largest absolute Gasteiger partial charge is 0.481 e. The molecule has 0 aliphatic rings. The van der Waals surface area contributed by atoms with Gasteiger partial charge in [-0.1, -0.05) is 25.7 Å². The third kappa shape index (κ3) is 6.11. The van der Waals surface area contributed by atoms with Crippen LogP contribution in [0.15, 0.2) is 18.3 Å². The molecule has 1 aromatic rings. The average molecular weight is 301 g/mol. The minimum Gasteiger partial charge on any atom is -0.481 e. The van der Waals surface area contributed by atoms with E-state index in [4.69, 9.17) is 4.74 Å². The van der Waals surface area contributed by atoms with E-state index >= 15 is 0 Å². The molecule has 0 bridgehead atoms. The van der Waals surface area contributed by atoms with E-state index in [1.54, 1.807) is 12.1 Å². The van der Waals surface area contributed by atoms with Crippen molar-refractivity contribution in [3.05, 3.63) is 23.9 Å². The van der Waals surface area contributed by atoms with Gasteiger partial charge in [-0.25, -0.2) is 4.98 Å². The smallest absolute Gasteiger partial charge is 0.390 e. The number of methoxy groups -OCH3 is 1. The summed E-state index contributed by atoms with van der Waals surface area (Å²) in [5, 5.41) is 0. The highest BCUT2D eigenvalue weighted by Gasteiger charge is 2.32. The van der Waals surface area contributed by atoms with E-state index in [9.17, 15) is 13.2 Å².